The number of benzene rings is 1. The van der Waals surface area contributed by atoms with E-state index in [9.17, 15) is 19.5 Å². The number of hydrogen-bond donors (Lipinski definition) is 2. The summed E-state index contributed by atoms with van der Waals surface area (Å²) in [6.45, 7) is 0. The molecule has 0 spiro atoms. The number of likely N-dealkylation sites (tertiary alicyclic amines) is 1. The second-order valence-electron chi connectivity index (χ2n) is 7.33. The van der Waals surface area contributed by atoms with Crippen LogP contribution in [0, 0.1) is 5.92 Å². The molecule has 6 nitrogen and oxygen atoms in total. The zero-order valence-electron chi connectivity index (χ0n) is 14.0. The number of aliphatic carboxylic acids is 1. The molecule has 2 aliphatic heterocycles. The van der Waals surface area contributed by atoms with Crippen LogP contribution in [0.25, 0.3) is 0 Å². The molecule has 132 valence electrons. The Kier molecular flexibility index (Phi) is 3.98. The van der Waals surface area contributed by atoms with Gasteiger partial charge in [0.05, 0.1) is 0 Å². The molecule has 3 atom stereocenters. The van der Waals surface area contributed by atoms with Crippen molar-refractivity contribution < 1.29 is 19.5 Å². The van der Waals surface area contributed by atoms with Gasteiger partial charge in [-0.25, -0.2) is 4.79 Å². The molecule has 3 aliphatic rings. The summed E-state index contributed by atoms with van der Waals surface area (Å²) in [4.78, 5) is 38.0. The van der Waals surface area contributed by atoms with Crippen molar-refractivity contribution in [1.29, 1.82) is 0 Å². The highest BCUT2D eigenvalue weighted by atomic mass is 16.4. The van der Waals surface area contributed by atoms with Gasteiger partial charge in [0.1, 0.15) is 6.04 Å². The van der Waals surface area contributed by atoms with E-state index in [1.807, 2.05) is 6.07 Å². The van der Waals surface area contributed by atoms with Crippen LogP contribution in [0.5, 0.6) is 0 Å². The summed E-state index contributed by atoms with van der Waals surface area (Å²) in [6, 6.07) is 4.58. The highest BCUT2D eigenvalue weighted by Crippen LogP contribution is 2.40. The van der Waals surface area contributed by atoms with Gasteiger partial charge in [-0.1, -0.05) is 12.8 Å². The van der Waals surface area contributed by atoms with Crippen LogP contribution in [0.2, 0.25) is 0 Å². The molecule has 0 radical (unpaired) electrons. The molecule has 1 aromatic carbocycles. The summed E-state index contributed by atoms with van der Waals surface area (Å²) in [5.74, 6) is -0.813. The predicted molar refractivity (Wildman–Crippen MR) is 91.3 cm³/mol. The molecule has 2 amide bonds. The van der Waals surface area contributed by atoms with Crippen LogP contribution in [-0.2, 0) is 16.0 Å². The number of carbonyl (C=O) groups excluding carboxylic acids is 2. The summed E-state index contributed by atoms with van der Waals surface area (Å²) >= 11 is 0. The Hall–Kier alpha value is -2.37. The number of nitrogens with one attached hydrogen (secondary N) is 1. The fourth-order valence-electron chi connectivity index (χ4n) is 4.64. The Morgan fingerprint density at radius 2 is 1.96 bits per heavy atom. The summed E-state index contributed by atoms with van der Waals surface area (Å²) < 4.78 is 0. The predicted octanol–water partition coefficient (Wildman–Crippen LogP) is 2.43. The van der Waals surface area contributed by atoms with Crippen molar-refractivity contribution in [3.8, 4) is 0 Å². The average Bonchev–Trinajstić information content (AvgIpc) is 3.00. The van der Waals surface area contributed by atoms with Crippen molar-refractivity contribution in [2.24, 2.45) is 5.92 Å². The first-order valence-electron chi connectivity index (χ1n) is 9.03. The Labute approximate surface area is 146 Å². The van der Waals surface area contributed by atoms with E-state index in [-0.39, 0.29) is 17.9 Å². The quantitative estimate of drug-likeness (QED) is 0.864. The zero-order chi connectivity index (χ0) is 17.6. The zero-order valence-corrected chi connectivity index (χ0v) is 14.0. The average molecular weight is 342 g/mol. The smallest absolute Gasteiger partial charge is 0.326 e. The van der Waals surface area contributed by atoms with Crippen LogP contribution in [0.15, 0.2) is 18.2 Å². The number of carboxylic acid groups (broad SMARTS) is 1. The normalized spacial score (nSPS) is 28.1. The highest BCUT2D eigenvalue weighted by molar-refractivity contribution is 5.99. The first-order valence-corrected chi connectivity index (χ1v) is 9.03. The third kappa shape index (κ3) is 2.79. The van der Waals surface area contributed by atoms with Crippen LogP contribution in [0.3, 0.4) is 0 Å². The molecule has 0 bridgehead atoms. The van der Waals surface area contributed by atoms with Crippen molar-refractivity contribution in [3.63, 3.8) is 0 Å². The first-order chi connectivity index (χ1) is 12.0. The number of fused-ring (bicyclic) bond motifs is 2. The molecule has 4 rings (SSSR count). The van der Waals surface area contributed by atoms with E-state index < -0.39 is 12.0 Å². The SMILES string of the molecule is O=C1CCc2cc(C(=O)N3[C@@H]4CCCC[C@@H]4C[C@H]3C(=O)O)ccc2N1. The monoisotopic (exact) mass is 342 g/mol. The highest BCUT2D eigenvalue weighted by Gasteiger charge is 2.47. The Balaban J connectivity index is 1.64. The van der Waals surface area contributed by atoms with Gasteiger partial charge in [-0.2, -0.15) is 0 Å². The summed E-state index contributed by atoms with van der Waals surface area (Å²) in [7, 11) is 0. The Morgan fingerprint density at radius 3 is 2.76 bits per heavy atom. The van der Waals surface area contributed by atoms with E-state index in [4.69, 9.17) is 0 Å². The van der Waals surface area contributed by atoms with Crippen LogP contribution >= 0.6 is 0 Å². The Bertz CT molecular complexity index is 745. The number of rotatable bonds is 2. The van der Waals surface area contributed by atoms with Gasteiger partial charge in [0, 0.05) is 23.7 Å². The molecule has 1 aromatic rings. The molecule has 6 heteroatoms. The maximum Gasteiger partial charge on any atom is 0.326 e. The molecule has 2 N–H and O–H groups in total. The topological polar surface area (TPSA) is 86.7 Å². The lowest BCUT2D eigenvalue weighted by molar-refractivity contribution is -0.141. The molecule has 25 heavy (non-hydrogen) atoms. The van der Waals surface area contributed by atoms with E-state index in [0.29, 0.717) is 30.7 Å². The van der Waals surface area contributed by atoms with E-state index in [2.05, 4.69) is 5.32 Å². The molecule has 0 unspecified atom stereocenters. The van der Waals surface area contributed by atoms with E-state index in [0.717, 1.165) is 36.9 Å². The summed E-state index contributed by atoms with van der Waals surface area (Å²) in [5, 5.41) is 12.4. The second kappa shape index (κ2) is 6.17. The first kappa shape index (κ1) is 16.1. The van der Waals surface area contributed by atoms with Gasteiger partial charge in [0.15, 0.2) is 0 Å². The minimum absolute atomic E-state index is 0.0119. The van der Waals surface area contributed by atoms with Crippen LogP contribution < -0.4 is 5.32 Å². The van der Waals surface area contributed by atoms with Gasteiger partial charge >= 0.3 is 5.97 Å². The third-order valence-electron chi connectivity index (χ3n) is 5.86. The lowest BCUT2D eigenvalue weighted by Crippen LogP contribution is -2.46. The standard InChI is InChI=1S/C19H22N2O4/c22-17-8-6-11-9-13(5-7-14(11)20-17)18(23)21-15-4-2-1-3-12(15)10-16(21)19(24)25/h5,7,9,12,15-16H,1-4,6,8,10H2,(H,20,22)(H,24,25)/t12-,15-,16+/m1/s1. The number of hydrogen-bond acceptors (Lipinski definition) is 3. The van der Waals surface area contributed by atoms with Gasteiger partial charge in [0.2, 0.25) is 5.91 Å². The molecular weight excluding hydrogens is 320 g/mol. The number of carboxylic acids is 1. The van der Waals surface area contributed by atoms with Crippen molar-refractivity contribution in [1.82, 2.24) is 4.90 Å². The number of nitrogens with zero attached hydrogens (tertiary/aromatic N) is 1. The summed E-state index contributed by atoms with van der Waals surface area (Å²) in [5.41, 5.74) is 2.21. The van der Waals surface area contributed by atoms with Gasteiger partial charge in [-0.05, 0) is 55.4 Å². The minimum Gasteiger partial charge on any atom is -0.480 e. The molecule has 2 heterocycles. The number of aryl methyl sites for hydroxylation is 1. The fourth-order valence-corrected chi connectivity index (χ4v) is 4.64. The van der Waals surface area contributed by atoms with Crippen molar-refractivity contribution >= 4 is 23.5 Å². The van der Waals surface area contributed by atoms with E-state index in [1.165, 1.54) is 0 Å². The maximum absolute atomic E-state index is 13.1. The van der Waals surface area contributed by atoms with E-state index >= 15 is 0 Å². The largest absolute Gasteiger partial charge is 0.480 e. The summed E-state index contributed by atoms with van der Waals surface area (Å²) in [6.07, 6.45) is 5.65. The molecule has 1 saturated carbocycles. The molecular formula is C19H22N2O4. The number of amides is 2. The number of carbonyl (C=O) groups is 3. The van der Waals surface area contributed by atoms with Crippen molar-refractivity contribution in [2.75, 3.05) is 5.32 Å². The van der Waals surface area contributed by atoms with Gasteiger partial charge in [-0.15, -0.1) is 0 Å². The lowest BCUT2D eigenvalue weighted by Gasteiger charge is -2.33. The molecule has 1 aliphatic carbocycles. The van der Waals surface area contributed by atoms with Crippen molar-refractivity contribution in [2.45, 2.75) is 57.0 Å². The second-order valence-corrected chi connectivity index (χ2v) is 7.33. The third-order valence-corrected chi connectivity index (χ3v) is 5.86. The fraction of sp³-hybridized carbons (Fsp3) is 0.526. The van der Waals surface area contributed by atoms with Crippen LogP contribution in [-0.4, -0.2) is 39.9 Å². The van der Waals surface area contributed by atoms with Crippen LogP contribution in [0.1, 0.15) is 54.4 Å². The maximum atomic E-state index is 13.1. The molecule has 0 aromatic heterocycles. The van der Waals surface area contributed by atoms with Gasteiger partial charge in [0.25, 0.3) is 5.91 Å². The Morgan fingerprint density at radius 1 is 1.16 bits per heavy atom. The van der Waals surface area contributed by atoms with Gasteiger partial charge < -0.3 is 15.3 Å². The van der Waals surface area contributed by atoms with Gasteiger partial charge in [-0.3, -0.25) is 9.59 Å². The molecule has 2 fully saturated rings. The van der Waals surface area contributed by atoms with Crippen molar-refractivity contribution in [3.05, 3.63) is 29.3 Å². The molecule has 1 saturated heterocycles. The van der Waals surface area contributed by atoms with E-state index in [1.54, 1.807) is 17.0 Å². The van der Waals surface area contributed by atoms with Crippen LogP contribution in [0.4, 0.5) is 5.69 Å². The number of anilines is 1. The minimum atomic E-state index is -0.909. The lowest BCUT2D eigenvalue weighted by atomic mass is 9.84.